The van der Waals surface area contributed by atoms with Gasteiger partial charge in [-0.15, -0.1) is 0 Å². The SMILES string of the molecule is NC(=O)c1cnc(Nc2cc(-c3cn[nH]c3)ccc2F)nc1Nc1ccccc1S(N)(=O)=O. The summed E-state index contributed by atoms with van der Waals surface area (Å²) in [6.07, 6.45) is 4.37. The largest absolute Gasteiger partial charge is 0.365 e. The zero-order valence-corrected chi connectivity index (χ0v) is 17.6. The fourth-order valence-corrected chi connectivity index (χ4v) is 3.69. The van der Waals surface area contributed by atoms with Crippen LogP contribution in [-0.2, 0) is 10.0 Å². The Morgan fingerprint density at radius 1 is 1.03 bits per heavy atom. The first-order valence-electron chi connectivity index (χ1n) is 9.34. The van der Waals surface area contributed by atoms with Gasteiger partial charge in [-0.25, -0.2) is 22.9 Å². The van der Waals surface area contributed by atoms with Crippen LogP contribution in [-0.4, -0.2) is 34.5 Å². The highest BCUT2D eigenvalue weighted by molar-refractivity contribution is 7.89. The summed E-state index contributed by atoms with van der Waals surface area (Å²) in [6, 6.07) is 10.2. The number of aromatic nitrogens is 4. The van der Waals surface area contributed by atoms with Crippen LogP contribution in [0, 0.1) is 5.82 Å². The first-order chi connectivity index (χ1) is 15.7. The Morgan fingerprint density at radius 2 is 1.82 bits per heavy atom. The molecule has 4 rings (SSSR count). The smallest absolute Gasteiger partial charge is 0.254 e. The minimum Gasteiger partial charge on any atom is -0.365 e. The molecule has 0 unspecified atom stereocenters. The monoisotopic (exact) mass is 468 g/mol. The first kappa shape index (κ1) is 21.9. The van der Waals surface area contributed by atoms with Crippen LogP contribution in [0.15, 0.2) is 66.0 Å². The van der Waals surface area contributed by atoms with Gasteiger partial charge in [-0.05, 0) is 29.8 Å². The highest BCUT2D eigenvalue weighted by atomic mass is 32.2. The minimum atomic E-state index is -4.07. The summed E-state index contributed by atoms with van der Waals surface area (Å²) in [6.45, 7) is 0. The van der Waals surface area contributed by atoms with Crippen molar-refractivity contribution in [1.82, 2.24) is 20.2 Å². The topological polar surface area (TPSA) is 182 Å². The summed E-state index contributed by atoms with van der Waals surface area (Å²) in [4.78, 5) is 19.8. The van der Waals surface area contributed by atoms with E-state index in [9.17, 15) is 17.6 Å². The molecule has 0 aliphatic rings. The molecule has 0 bridgehead atoms. The van der Waals surface area contributed by atoms with Gasteiger partial charge in [0.1, 0.15) is 22.1 Å². The molecule has 1 amide bonds. The zero-order chi connectivity index (χ0) is 23.6. The number of halogens is 1. The van der Waals surface area contributed by atoms with Gasteiger partial charge in [0, 0.05) is 18.0 Å². The number of rotatable bonds is 7. The van der Waals surface area contributed by atoms with Gasteiger partial charge in [0.15, 0.2) is 0 Å². The average molecular weight is 468 g/mol. The molecule has 0 aliphatic carbocycles. The third-order valence-electron chi connectivity index (χ3n) is 4.55. The second kappa shape index (κ2) is 8.64. The molecule has 0 aliphatic heterocycles. The summed E-state index contributed by atoms with van der Waals surface area (Å²) in [5, 5.41) is 17.3. The molecule has 13 heteroatoms. The molecule has 2 heterocycles. The van der Waals surface area contributed by atoms with Crippen LogP contribution in [0.4, 0.5) is 27.5 Å². The maximum absolute atomic E-state index is 14.4. The van der Waals surface area contributed by atoms with Gasteiger partial charge in [0.05, 0.1) is 17.6 Å². The van der Waals surface area contributed by atoms with E-state index in [1.807, 2.05) is 0 Å². The van der Waals surface area contributed by atoms with Crippen molar-refractivity contribution in [2.45, 2.75) is 4.90 Å². The van der Waals surface area contributed by atoms with Crippen molar-refractivity contribution < 1.29 is 17.6 Å². The second-order valence-electron chi connectivity index (χ2n) is 6.79. The van der Waals surface area contributed by atoms with Crippen molar-refractivity contribution >= 4 is 39.1 Å². The number of hydrogen-bond acceptors (Lipinski definition) is 8. The molecule has 0 saturated heterocycles. The minimum absolute atomic E-state index is 0.0661. The van der Waals surface area contributed by atoms with Crippen LogP contribution in [0.1, 0.15) is 10.4 Å². The van der Waals surface area contributed by atoms with Crippen LogP contribution >= 0.6 is 0 Å². The van der Waals surface area contributed by atoms with E-state index in [0.717, 1.165) is 11.8 Å². The quantitative estimate of drug-likeness (QED) is 0.274. The fourth-order valence-electron chi connectivity index (χ4n) is 2.99. The Hall–Kier alpha value is -4.36. The summed E-state index contributed by atoms with van der Waals surface area (Å²) in [5.41, 5.74) is 6.85. The predicted octanol–water partition coefficient (Wildman–Crippen LogP) is 2.24. The number of sulfonamides is 1. The maximum atomic E-state index is 14.4. The fraction of sp³-hybridized carbons (Fsp3) is 0. The van der Waals surface area contributed by atoms with E-state index in [4.69, 9.17) is 10.9 Å². The Balaban J connectivity index is 1.71. The van der Waals surface area contributed by atoms with Gasteiger partial charge in [0.25, 0.3) is 5.91 Å². The standard InChI is InChI=1S/C20H17FN8O3S/c21-14-6-5-11(12-8-25-26-9-12)7-16(14)28-20-24-10-13(18(22)30)19(29-20)27-15-3-1-2-4-17(15)33(23,31)32/h1-10H,(H2,22,30)(H,25,26)(H2,23,31,32)(H2,24,27,28,29). The molecule has 0 saturated carbocycles. The van der Waals surface area contributed by atoms with E-state index in [2.05, 4.69) is 30.8 Å². The number of H-pyrrole nitrogens is 1. The van der Waals surface area contributed by atoms with E-state index in [0.29, 0.717) is 5.56 Å². The number of amides is 1. The number of anilines is 4. The number of carbonyl (C=O) groups is 1. The van der Waals surface area contributed by atoms with Crippen molar-refractivity contribution in [3.8, 4) is 11.1 Å². The number of hydrogen-bond donors (Lipinski definition) is 5. The van der Waals surface area contributed by atoms with E-state index >= 15 is 0 Å². The molecule has 0 atom stereocenters. The summed E-state index contributed by atoms with van der Waals surface area (Å²) in [5.74, 6) is -1.59. The maximum Gasteiger partial charge on any atom is 0.254 e. The number of primary amides is 1. The van der Waals surface area contributed by atoms with Gasteiger partial charge in [-0.2, -0.15) is 10.1 Å². The molecule has 2 aromatic carbocycles. The van der Waals surface area contributed by atoms with E-state index in [1.165, 1.54) is 30.3 Å². The number of nitrogens with one attached hydrogen (secondary N) is 3. The summed E-state index contributed by atoms with van der Waals surface area (Å²) < 4.78 is 38.2. The first-order valence-corrected chi connectivity index (χ1v) is 10.9. The lowest BCUT2D eigenvalue weighted by atomic mass is 10.1. The highest BCUT2D eigenvalue weighted by Crippen LogP contribution is 2.28. The third kappa shape index (κ3) is 4.78. The van der Waals surface area contributed by atoms with Crippen LogP contribution in [0.25, 0.3) is 11.1 Å². The van der Waals surface area contributed by atoms with Crippen molar-refractivity contribution in [1.29, 1.82) is 0 Å². The van der Waals surface area contributed by atoms with Gasteiger partial charge < -0.3 is 16.4 Å². The highest BCUT2D eigenvalue weighted by Gasteiger charge is 2.18. The lowest BCUT2D eigenvalue weighted by Gasteiger charge is -2.14. The predicted molar refractivity (Wildman–Crippen MR) is 119 cm³/mol. The number of nitrogens with two attached hydrogens (primary N) is 2. The van der Waals surface area contributed by atoms with Crippen LogP contribution < -0.4 is 21.5 Å². The van der Waals surface area contributed by atoms with Gasteiger partial charge in [-0.1, -0.05) is 18.2 Å². The average Bonchev–Trinajstić information content (AvgIpc) is 3.30. The van der Waals surface area contributed by atoms with Crippen molar-refractivity contribution in [2.24, 2.45) is 10.9 Å². The van der Waals surface area contributed by atoms with Crippen molar-refractivity contribution in [3.05, 3.63) is 72.4 Å². The number of para-hydroxylation sites is 1. The molecule has 168 valence electrons. The van der Waals surface area contributed by atoms with Crippen LogP contribution in [0.5, 0.6) is 0 Å². The normalized spacial score (nSPS) is 11.2. The van der Waals surface area contributed by atoms with E-state index in [-0.39, 0.29) is 33.6 Å². The summed E-state index contributed by atoms with van der Waals surface area (Å²) >= 11 is 0. The Bertz CT molecular complexity index is 1440. The number of carbonyl (C=O) groups excluding carboxylic acids is 1. The number of nitrogens with zero attached hydrogens (tertiary/aromatic N) is 3. The van der Waals surface area contributed by atoms with E-state index < -0.39 is 21.7 Å². The molecule has 0 spiro atoms. The summed E-state index contributed by atoms with van der Waals surface area (Å²) in [7, 11) is -4.07. The molecule has 7 N–H and O–H groups in total. The lowest BCUT2D eigenvalue weighted by molar-refractivity contribution is 0.100. The third-order valence-corrected chi connectivity index (χ3v) is 5.51. The van der Waals surface area contributed by atoms with Gasteiger partial charge in [0.2, 0.25) is 16.0 Å². The van der Waals surface area contributed by atoms with Gasteiger partial charge >= 0.3 is 0 Å². The molecule has 0 fully saturated rings. The molecule has 2 aromatic heterocycles. The van der Waals surface area contributed by atoms with Crippen molar-refractivity contribution in [2.75, 3.05) is 10.6 Å². The lowest BCUT2D eigenvalue weighted by Crippen LogP contribution is -2.17. The van der Waals surface area contributed by atoms with Crippen molar-refractivity contribution in [3.63, 3.8) is 0 Å². The molecular formula is C20H17FN8O3S. The Kier molecular flexibility index (Phi) is 5.72. The Labute approximate surface area is 187 Å². The molecule has 0 radical (unpaired) electrons. The van der Waals surface area contributed by atoms with Crippen LogP contribution in [0.3, 0.4) is 0 Å². The van der Waals surface area contributed by atoms with E-state index in [1.54, 1.807) is 24.5 Å². The van der Waals surface area contributed by atoms with Gasteiger partial charge in [-0.3, -0.25) is 9.89 Å². The molecule has 4 aromatic rings. The zero-order valence-electron chi connectivity index (χ0n) is 16.8. The molecule has 11 nitrogen and oxygen atoms in total. The number of aromatic amines is 1. The molecular weight excluding hydrogens is 451 g/mol. The van der Waals surface area contributed by atoms with Crippen LogP contribution in [0.2, 0.25) is 0 Å². The number of benzene rings is 2. The second-order valence-corrected chi connectivity index (χ2v) is 8.32. The number of primary sulfonamides is 1. The molecule has 33 heavy (non-hydrogen) atoms. The Morgan fingerprint density at radius 3 is 2.52 bits per heavy atom.